The molecule has 0 aliphatic rings. The predicted molar refractivity (Wildman–Crippen MR) is 56.3 cm³/mol. The van der Waals surface area contributed by atoms with Crippen molar-refractivity contribution < 1.29 is 18.1 Å². The summed E-state index contributed by atoms with van der Waals surface area (Å²) in [5.41, 5.74) is 6.67. The van der Waals surface area contributed by atoms with Gasteiger partial charge < -0.3 is 5.73 Å². The first kappa shape index (κ1) is 14.3. The molecule has 0 unspecified atom stereocenters. The van der Waals surface area contributed by atoms with Gasteiger partial charge in [-0.3, -0.25) is 10.1 Å². The highest BCUT2D eigenvalue weighted by molar-refractivity contribution is 7.92. The Labute approximate surface area is 91.8 Å². The van der Waals surface area contributed by atoms with E-state index in [4.69, 9.17) is 5.73 Å². The van der Waals surface area contributed by atoms with E-state index in [1.54, 1.807) is 0 Å². The maximum Gasteiger partial charge on any atom is 0.332 e. The largest absolute Gasteiger partial charge is 0.350 e. The zero-order valence-corrected chi connectivity index (χ0v) is 9.36. The van der Waals surface area contributed by atoms with Gasteiger partial charge in [0.05, 0.1) is 11.5 Å². The van der Waals surface area contributed by atoms with E-state index < -0.39 is 38.8 Å². The Morgan fingerprint density at radius 1 is 1.56 bits per heavy atom. The number of nitrogens with two attached hydrogens (primary N) is 1. The minimum absolute atomic E-state index is 0.0992. The Balaban J connectivity index is 4.30. The van der Waals surface area contributed by atoms with Crippen molar-refractivity contribution in [3.05, 3.63) is 10.1 Å². The first-order valence-corrected chi connectivity index (χ1v) is 5.96. The summed E-state index contributed by atoms with van der Waals surface area (Å²) in [6.45, 7) is 0.707. The van der Waals surface area contributed by atoms with Crippen LogP contribution in [0.4, 0.5) is 4.79 Å². The molecule has 0 aromatic carbocycles. The van der Waals surface area contributed by atoms with Crippen molar-refractivity contribution in [2.45, 2.75) is 6.92 Å². The molecule has 0 aliphatic carbocycles. The van der Waals surface area contributed by atoms with Gasteiger partial charge in [-0.15, -0.1) is 0 Å². The molecule has 0 heterocycles. The fourth-order valence-corrected chi connectivity index (χ4v) is 2.06. The first-order chi connectivity index (χ1) is 7.23. The average molecular weight is 252 g/mol. The second kappa shape index (κ2) is 6.00. The van der Waals surface area contributed by atoms with Gasteiger partial charge in [-0.1, -0.05) is 0 Å². The lowest BCUT2D eigenvalue weighted by Crippen LogP contribution is -2.28. The second-order valence-corrected chi connectivity index (χ2v) is 5.16. The highest BCUT2D eigenvalue weighted by Gasteiger charge is 2.16. The van der Waals surface area contributed by atoms with Crippen LogP contribution in [0.5, 0.6) is 0 Å². The number of amides is 2. The van der Waals surface area contributed by atoms with E-state index >= 15 is 0 Å². The first-order valence-electron chi connectivity index (χ1n) is 4.14. The van der Waals surface area contributed by atoms with Gasteiger partial charge in [-0.05, 0) is 6.92 Å². The predicted octanol–water partition coefficient (Wildman–Crippen LogP) is -1.28. The van der Waals surface area contributed by atoms with E-state index in [-0.39, 0.29) is 5.71 Å². The molecule has 0 radical (unpaired) electrons. The van der Waals surface area contributed by atoms with Crippen molar-refractivity contribution >= 4 is 21.6 Å². The smallest absolute Gasteiger partial charge is 0.332 e. The average Bonchev–Trinajstić information content (AvgIpc) is 2.11. The van der Waals surface area contributed by atoms with Gasteiger partial charge in [-0.2, -0.15) is 5.10 Å². The molecule has 0 spiro atoms. The number of carbonyl (C=O) groups excluding carboxylic acids is 1. The number of nitrogens with one attached hydrogen (secondary N) is 1. The van der Waals surface area contributed by atoms with Crippen LogP contribution >= 0.6 is 0 Å². The molecule has 0 bridgehead atoms. The highest BCUT2D eigenvalue weighted by atomic mass is 32.2. The minimum Gasteiger partial charge on any atom is -0.350 e. The number of hydrazone groups is 1. The third kappa shape index (κ3) is 7.67. The van der Waals surface area contributed by atoms with Crippen LogP contribution in [0.3, 0.4) is 0 Å². The van der Waals surface area contributed by atoms with Crippen LogP contribution in [0.15, 0.2) is 5.10 Å². The van der Waals surface area contributed by atoms with Crippen LogP contribution in [-0.2, 0) is 9.84 Å². The Kier molecular flexibility index (Phi) is 5.36. The number of nitro groups is 1. The molecule has 0 rings (SSSR count). The maximum atomic E-state index is 11.3. The Morgan fingerprint density at radius 2 is 2.12 bits per heavy atom. The van der Waals surface area contributed by atoms with Crippen molar-refractivity contribution in [2.24, 2.45) is 10.8 Å². The summed E-state index contributed by atoms with van der Waals surface area (Å²) in [5, 5.41) is 13.4. The van der Waals surface area contributed by atoms with Crippen LogP contribution < -0.4 is 11.2 Å². The van der Waals surface area contributed by atoms with E-state index in [2.05, 4.69) is 5.10 Å². The fourth-order valence-electron chi connectivity index (χ4n) is 0.787. The number of primary amides is 1. The van der Waals surface area contributed by atoms with E-state index in [1.807, 2.05) is 5.43 Å². The number of sulfone groups is 1. The monoisotopic (exact) mass is 252 g/mol. The van der Waals surface area contributed by atoms with Crippen molar-refractivity contribution in [2.75, 3.05) is 18.1 Å². The summed E-state index contributed by atoms with van der Waals surface area (Å²) in [4.78, 5) is 19.5. The van der Waals surface area contributed by atoms with E-state index in [0.717, 1.165) is 0 Å². The molecule has 2 amide bonds. The quantitative estimate of drug-likeness (QED) is 0.343. The lowest BCUT2D eigenvalue weighted by atomic mass is 10.5. The number of urea groups is 1. The topological polar surface area (TPSA) is 145 Å². The fraction of sp³-hybridized carbons (Fsp3) is 0.667. The molecule has 0 saturated carbocycles. The summed E-state index contributed by atoms with van der Waals surface area (Å²) < 4.78 is 22.5. The maximum absolute atomic E-state index is 11.3. The molecule has 0 saturated heterocycles. The Bertz CT molecular complexity index is 401. The summed E-state index contributed by atoms with van der Waals surface area (Å²) in [6.07, 6.45) is 0. The third-order valence-electron chi connectivity index (χ3n) is 1.37. The molecule has 0 aromatic heterocycles. The Hall–Kier alpha value is -1.71. The zero-order chi connectivity index (χ0) is 12.8. The molecule has 3 N–H and O–H groups in total. The zero-order valence-electron chi connectivity index (χ0n) is 8.54. The molecule has 16 heavy (non-hydrogen) atoms. The normalized spacial score (nSPS) is 12.2. The van der Waals surface area contributed by atoms with Crippen molar-refractivity contribution in [3.63, 3.8) is 0 Å². The molecule has 0 atom stereocenters. The van der Waals surface area contributed by atoms with E-state index in [9.17, 15) is 23.3 Å². The van der Waals surface area contributed by atoms with E-state index in [0.29, 0.717) is 0 Å². The molecule has 0 aromatic rings. The van der Waals surface area contributed by atoms with Crippen LogP contribution in [0.25, 0.3) is 0 Å². The standard InChI is InChI=1S/C6H12N4O5S/c1-5(8-9-6(7)11)4-16(14,15)3-2-10(12)13/h2-4H2,1H3,(H3,7,9,11). The molecule has 0 fully saturated rings. The van der Waals surface area contributed by atoms with Crippen molar-refractivity contribution in [3.8, 4) is 0 Å². The van der Waals surface area contributed by atoms with Gasteiger partial charge in [0.2, 0.25) is 6.54 Å². The molecular weight excluding hydrogens is 240 g/mol. The van der Waals surface area contributed by atoms with Crippen LogP contribution in [0.2, 0.25) is 0 Å². The SMILES string of the molecule is CC(CS(=O)(=O)CC[N+](=O)[O-])=NNC(N)=O. The molecule has 10 heteroatoms. The summed E-state index contributed by atoms with van der Waals surface area (Å²) in [5.74, 6) is -1.02. The number of hydrogen-bond donors (Lipinski definition) is 2. The van der Waals surface area contributed by atoms with Gasteiger partial charge in [0.15, 0.2) is 9.84 Å². The van der Waals surface area contributed by atoms with Gasteiger partial charge >= 0.3 is 6.03 Å². The van der Waals surface area contributed by atoms with Gasteiger partial charge in [0.25, 0.3) is 0 Å². The number of hydrogen-bond acceptors (Lipinski definition) is 6. The summed E-state index contributed by atoms with van der Waals surface area (Å²) in [7, 11) is -3.59. The molecule has 9 nitrogen and oxygen atoms in total. The second-order valence-electron chi connectivity index (χ2n) is 2.97. The lowest BCUT2D eigenvalue weighted by molar-refractivity contribution is -0.474. The minimum atomic E-state index is -3.59. The van der Waals surface area contributed by atoms with E-state index in [1.165, 1.54) is 6.92 Å². The van der Waals surface area contributed by atoms with Crippen LogP contribution in [0.1, 0.15) is 6.92 Å². The third-order valence-corrected chi connectivity index (χ3v) is 3.03. The van der Waals surface area contributed by atoms with Crippen molar-refractivity contribution in [1.29, 1.82) is 0 Å². The molecule has 0 aliphatic heterocycles. The lowest BCUT2D eigenvalue weighted by Gasteiger charge is -2.01. The highest BCUT2D eigenvalue weighted by Crippen LogP contribution is 1.92. The van der Waals surface area contributed by atoms with Crippen molar-refractivity contribution in [1.82, 2.24) is 5.43 Å². The number of rotatable bonds is 6. The Morgan fingerprint density at radius 3 is 2.56 bits per heavy atom. The molecule has 92 valence electrons. The van der Waals surface area contributed by atoms with Gasteiger partial charge in [0, 0.05) is 4.92 Å². The van der Waals surface area contributed by atoms with Crippen LogP contribution in [0, 0.1) is 10.1 Å². The number of carbonyl (C=O) groups is 1. The van der Waals surface area contributed by atoms with Gasteiger partial charge in [0.1, 0.15) is 5.75 Å². The number of nitrogens with zero attached hydrogens (tertiary/aromatic N) is 2. The molecular formula is C6H12N4O5S. The summed E-state index contributed by atoms with van der Waals surface area (Å²) >= 11 is 0. The van der Waals surface area contributed by atoms with Crippen LogP contribution in [-0.4, -0.2) is 43.1 Å². The van der Waals surface area contributed by atoms with Gasteiger partial charge in [-0.25, -0.2) is 18.6 Å². The summed E-state index contributed by atoms with van der Waals surface area (Å²) in [6, 6.07) is -0.915.